The molecular formula is C30H32F3N5O4. The van der Waals surface area contributed by atoms with Crippen LogP contribution >= 0.6 is 0 Å². The molecule has 1 saturated carbocycles. The van der Waals surface area contributed by atoms with E-state index in [9.17, 15) is 13.2 Å². The van der Waals surface area contributed by atoms with Crippen LogP contribution in [0.3, 0.4) is 0 Å². The van der Waals surface area contributed by atoms with Gasteiger partial charge in [-0.1, -0.05) is 24.3 Å². The number of methoxy groups -OCH3 is 2. The Morgan fingerprint density at radius 3 is 2.07 bits per heavy atom. The highest BCUT2D eigenvalue weighted by Gasteiger charge is 2.55. The summed E-state index contributed by atoms with van der Waals surface area (Å²) in [6.45, 7) is 1.63. The number of aromatic nitrogens is 4. The normalized spacial score (nSPS) is 20.2. The van der Waals surface area contributed by atoms with Gasteiger partial charge >= 0.3 is 6.18 Å². The van der Waals surface area contributed by atoms with Crippen molar-refractivity contribution in [2.24, 2.45) is 5.92 Å². The maximum absolute atomic E-state index is 13.9. The third-order valence-corrected chi connectivity index (χ3v) is 8.14. The zero-order chi connectivity index (χ0) is 29.3. The van der Waals surface area contributed by atoms with Crippen molar-refractivity contribution >= 4 is 11.5 Å². The molecule has 9 nitrogen and oxygen atoms in total. The molecule has 2 atom stereocenters. The Morgan fingerprint density at radius 2 is 1.52 bits per heavy atom. The van der Waals surface area contributed by atoms with Gasteiger partial charge < -0.3 is 23.8 Å². The smallest absolute Gasteiger partial charge is 0.391 e. The first kappa shape index (κ1) is 28.2. The molecule has 42 heavy (non-hydrogen) atoms. The number of benzene rings is 2. The van der Waals surface area contributed by atoms with Gasteiger partial charge in [0.2, 0.25) is 5.65 Å². The van der Waals surface area contributed by atoms with E-state index in [4.69, 9.17) is 18.9 Å². The maximum Gasteiger partial charge on any atom is 0.391 e. The summed E-state index contributed by atoms with van der Waals surface area (Å²) in [6.07, 6.45) is -1.12. The summed E-state index contributed by atoms with van der Waals surface area (Å²) in [6, 6.07) is 15.5. The van der Waals surface area contributed by atoms with E-state index in [0.717, 1.165) is 22.6 Å². The lowest BCUT2D eigenvalue weighted by Crippen LogP contribution is -2.46. The number of hydrogen-bond donors (Lipinski definition) is 0. The second kappa shape index (κ2) is 11.4. The SMILES string of the molecule is COc1ccc(CN(Cc2ccc(OC)cc2)c2nccn3c(C4CC(C(F)(F)F)CCC45OCCO5)nnc23)cc1. The Balaban J connectivity index is 1.39. The van der Waals surface area contributed by atoms with E-state index in [-0.39, 0.29) is 19.3 Å². The lowest BCUT2D eigenvalue weighted by atomic mass is 9.76. The predicted octanol–water partition coefficient (Wildman–Crippen LogP) is 5.54. The molecule has 2 aromatic carbocycles. The Labute approximate surface area is 241 Å². The summed E-state index contributed by atoms with van der Waals surface area (Å²) in [5.74, 6) is -0.958. The van der Waals surface area contributed by atoms with Crippen molar-refractivity contribution in [3.05, 3.63) is 77.9 Å². The lowest BCUT2D eigenvalue weighted by Gasteiger charge is -2.41. The molecule has 0 bridgehead atoms. The van der Waals surface area contributed by atoms with Gasteiger partial charge in [0.05, 0.1) is 39.3 Å². The molecule has 0 amide bonds. The fraction of sp³-hybridized carbons (Fsp3) is 0.433. The number of alkyl halides is 3. The molecule has 1 aliphatic heterocycles. The molecule has 222 valence electrons. The van der Waals surface area contributed by atoms with E-state index < -0.39 is 23.8 Å². The van der Waals surface area contributed by atoms with Gasteiger partial charge in [0.1, 0.15) is 17.3 Å². The van der Waals surface area contributed by atoms with Gasteiger partial charge in [0.15, 0.2) is 11.6 Å². The molecule has 3 heterocycles. The van der Waals surface area contributed by atoms with Crippen molar-refractivity contribution in [2.75, 3.05) is 32.3 Å². The number of nitrogens with zero attached hydrogens (tertiary/aromatic N) is 5. The molecule has 12 heteroatoms. The van der Waals surface area contributed by atoms with Gasteiger partial charge in [-0.25, -0.2) is 4.98 Å². The Kier molecular flexibility index (Phi) is 7.67. The lowest BCUT2D eigenvalue weighted by molar-refractivity contribution is -0.237. The fourth-order valence-electron chi connectivity index (χ4n) is 5.95. The van der Waals surface area contributed by atoms with Crippen LogP contribution < -0.4 is 14.4 Å². The molecule has 2 unspecified atom stereocenters. The Morgan fingerprint density at radius 1 is 0.929 bits per heavy atom. The minimum Gasteiger partial charge on any atom is -0.497 e. The van der Waals surface area contributed by atoms with E-state index in [0.29, 0.717) is 43.6 Å². The number of hydrogen-bond acceptors (Lipinski definition) is 8. The first-order valence-electron chi connectivity index (χ1n) is 13.8. The average molecular weight is 584 g/mol. The third-order valence-electron chi connectivity index (χ3n) is 8.14. The highest BCUT2D eigenvalue weighted by Crippen LogP contribution is 2.51. The molecule has 4 aromatic rings. The summed E-state index contributed by atoms with van der Waals surface area (Å²) in [7, 11) is 3.24. The average Bonchev–Trinajstić information content (AvgIpc) is 3.65. The summed E-state index contributed by atoms with van der Waals surface area (Å²) in [5.41, 5.74) is 2.47. The Hall–Kier alpha value is -3.90. The molecule has 1 spiro atoms. The molecule has 6 rings (SSSR count). The van der Waals surface area contributed by atoms with E-state index >= 15 is 0 Å². The van der Waals surface area contributed by atoms with Gasteiger partial charge in [-0.15, -0.1) is 10.2 Å². The molecule has 0 radical (unpaired) electrons. The van der Waals surface area contributed by atoms with Crippen molar-refractivity contribution in [3.63, 3.8) is 0 Å². The van der Waals surface area contributed by atoms with Crippen LogP contribution in [-0.2, 0) is 22.6 Å². The van der Waals surface area contributed by atoms with E-state index in [1.54, 1.807) is 31.0 Å². The first-order valence-corrected chi connectivity index (χ1v) is 13.8. The second-order valence-corrected chi connectivity index (χ2v) is 10.6. The van der Waals surface area contributed by atoms with Crippen molar-refractivity contribution in [2.45, 2.75) is 50.2 Å². The van der Waals surface area contributed by atoms with Gasteiger partial charge in [0.25, 0.3) is 0 Å². The standard InChI is InChI=1S/C30H32F3N5O4/c1-39-23-7-3-20(4-8-23)18-37(19-21-5-9-24(40-2)10-6-21)27-28-36-35-26(38(28)14-13-34-27)25-17-22(30(31,32)33)11-12-29(25)41-15-16-42-29/h3-10,13-14,22,25H,11-12,15-19H2,1-2H3. The highest BCUT2D eigenvalue weighted by atomic mass is 19.4. The highest BCUT2D eigenvalue weighted by molar-refractivity contribution is 5.64. The molecule has 2 aromatic heterocycles. The minimum absolute atomic E-state index is 0.0545. The largest absolute Gasteiger partial charge is 0.497 e. The fourth-order valence-corrected chi connectivity index (χ4v) is 5.95. The summed E-state index contributed by atoms with van der Waals surface area (Å²) < 4.78 is 65.9. The summed E-state index contributed by atoms with van der Waals surface area (Å²) >= 11 is 0. The van der Waals surface area contributed by atoms with Crippen LogP contribution in [0.15, 0.2) is 60.9 Å². The van der Waals surface area contributed by atoms with Crippen LogP contribution in [0.4, 0.5) is 19.0 Å². The maximum atomic E-state index is 13.9. The number of fused-ring (bicyclic) bond motifs is 1. The van der Waals surface area contributed by atoms with Crippen LogP contribution in [0, 0.1) is 5.92 Å². The minimum atomic E-state index is -4.32. The molecule has 1 aliphatic carbocycles. The molecule has 2 aliphatic rings. The topological polar surface area (TPSA) is 83.2 Å². The van der Waals surface area contributed by atoms with Crippen LogP contribution in [0.2, 0.25) is 0 Å². The van der Waals surface area contributed by atoms with Crippen LogP contribution in [-0.4, -0.2) is 59.0 Å². The second-order valence-electron chi connectivity index (χ2n) is 10.6. The van der Waals surface area contributed by atoms with Gasteiger partial charge in [-0.05, 0) is 48.2 Å². The number of rotatable bonds is 8. The van der Waals surface area contributed by atoms with Gasteiger partial charge in [-0.3, -0.25) is 4.40 Å². The van der Waals surface area contributed by atoms with Crippen molar-refractivity contribution in [1.29, 1.82) is 0 Å². The van der Waals surface area contributed by atoms with Crippen LogP contribution in [0.5, 0.6) is 11.5 Å². The van der Waals surface area contributed by atoms with Crippen molar-refractivity contribution in [1.82, 2.24) is 19.6 Å². The number of ether oxygens (including phenoxy) is 4. The molecular weight excluding hydrogens is 551 g/mol. The zero-order valence-electron chi connectivity index (χ0n) is 23.4. The first-order chi connectivity index (χ1) is 20.3. The summed E-state index contributed by atoms with van der Waals surface area (Å²) in [4.78, 5) is 6.74. The Bertz CT molecular complexity index is 1450. The molecule has 1 saturated heterocycles. The zero-order valence-corrected chi connectivity index (χ0v) is 23.4. The van der Waals surface area contributed by atoms with Crippen LogP contribution in [0.25, 0.3) is 5.65 Å². The third kappa shape index (κ3) is 5.48. The van der Waals surface area contributed by atoms with Gasteiger partial charge in [0, 0.05) is 31.9 Å². The molecule has 0 N–H and O–H groups in total. The quantitative estimate of drug-likeness (QED) is 0.268. The van der Waals surface area contributed by atoms with Crippen molar-refractivity contribution < 1.29 is 32.1 Å². The van der Waals surface area contributed by atoms with Gasteiger partial charge in [-0.2, -0.15) is 13.2 Å². The predicted molar refractivity (Wildman–Crippen MR) is 147 cm³/mol. The monoisotopic (exact) mass is 583 g/mol. The number of anilines is 1. The van der Waals surface area contributed by atoms with E-state index in [2.05, 4.69) is 20.1 Å². The summed E-state index contributed by atoms with van der Waals surface area (Å²) in [5, 5.41) is 8.91. The molecule has 2 fully saturated rings. The van der Waals surface area contributed by atoms with E-state index in [1.807, 2.05) is 48.5 Å². The van der Waals surface area contributed by atoms with E-state index in [1.165, 1.54) is 0 Å². The van der Waals surface area contributed by atoms with Crippen LogP contribution in [0.1, 0.15) is 42.1 Å². The number of halogens is 3. The van der Waals surface area contributed by atoms with Crippen molar-refractivity contribution in [3.8, 4) is 11.5 Å².